The normalized spacial score (nSPS) is 13.1. The molecular weight excluding hydrogens is 417 g/mol. The standard InChI is InChI=1S/C29H23BN3O/c1-20-10-9-16-26-28(20)29-31(2)18-19-32(29)30-33(26)25-15-7-5-13-23(25)21-11-3-4-12-22(21)24-14-6-8-17-27(24)34-30/h3-19H,1-2H3/q+1. The molecular formula is C29H23BN3O+. The fourth-order valence-electron chi connectivity index (χ4n) is 5.49. The zero-order valence-electron chi connectivity index (χ0n) is 19.1. The average Bonchev–Trinajstić information content (AvgIpc) is 3.27. The Kier molecular flexibility index (Phi) is 4.03. The van der Waals surface area contributed by atoms with Gasteiger partial charge in [0.1, 0.15) is 18.1 Å². The van der Waals surface area contributed by atoms with Crippen LogP contribution in [0, 0.1) is 6.92 Å². The molecule has 3 heterocycles. The van der Waals surface area contributed by atoms with Crippen LogP contribution in [0.2, 0.25) is 0 Å². The highest BCUT2D eigenvalue weighted by molar-refractivity contribution is 6.52. The van der Waals surface area contributed by atoms with Gasteiger partial charge in [-0.2, -0.15) is 0 Å². The van der Waals surface area contributed by atoms with Crippen LogP contribution in [0.3, 0.4) is 0 Å². The van der Waals surface area contributed by atoms with E-state index in [1.165, 1.54) is 27.8 Å². The summed E-state index contributed by atoms with van der Waals surface area (Å²) in [5.41, 5.74) is 9.41. The van der Waals surface area contributed by atoms with Crippen LogP contribution in [0.4, 0.5) is 11.4 Å². The van der Waals surface area contributed by atoms with Crippen molar-refractivity contribution in [1.82, 2.24) is 4.57 Å². The largest absolute Gasteiger partial charge is 0.754 e. The van der Waals surface area contributed by atoms with Crippen molar-refractivity contribution in [1.29, 1.82) is 0 Å². The first kappa shape index (κ1) is 19.2. The third kappa shape index (κ3) is 2.58. The first-order valence-corrected chi connectivity index (χ1v) is 11.6. The highest BCUT2D eigenvalue weighted by Gasteiger charge is 2.50. The molecule has 1 aromatic heterocycles. The SMILES string of the molecule is Cc1cccc2c1-c1n(C)cc[n+]1B1Oc3ccccc3-c3ccccc3-c3ccccc3N12. The molecule has 4 aromatic carbocycles. The Morgan fingerprint density at radius 2 is 1.35 bits per heavy atom. The van der Waals surface area contributed by atoms with Crippen molar-refractivity contribution < 1.29 is 9.13 Å². The lowest BCUT2D eigenvalue weighted by molar-refractivity contribution is -0.536. The average molecular weight is 440 g/mol. The Labute approximate surface area is 199 Å². The van der Waals surface area contributed by atoms with Crippen molar-refractivity contribution in [3.05, 3.63) is 109 Å². The number of hydrogen-bond donors (Lipinski definition) is 0. The van der Waals surface area contributed by atoms with Gasteiger partial charge in [-0.25, -0.2) is 9.05 Å². The number of anilines is 2. The number of fused-ring (bicyclic) bond motifs is 12. The predicted octanol–water partition coefficient (Wildman–Crippen LogP) is 6.00. The Bertz CT molecular complexity index is 1590. The van der Waals surface area contributed by atoms with E-state index >= 15 is 0 Å². The van der Waals surface area contributed by atoms with Crippen LogP contribution < -0.4 is 13.9 Å². The van der Waals surface area contributed by atoms with E-state index in [2.05, 4.69) is 125 Å². The lowest BCUT2D eigenvalue weighted by Gasteiger charge is -2.33. The lowest BCUT2D eigenvalue weighted by atomic mass is 9.85. The van der Waals surface area contributed by atoms with Crippen molar-refractivity contribution in [2.45, 2.75) is 6.92 Å². The molecule has 162 valence electrons. The number of imidazole rings is 1. The molecule has 5 heteroatoms. The van der Waals surface area contributed by atoms with Gasteiger partial charge in [0.2, 0.25) is 0 Å². The van der Waals surface area contributed by atoms with Gasteiger partial charge in [-0.3, -0.25) is 0 Å². The van der Waals surface area contributed by atoms with E-state index in [-0.39, 0.29) is 7.19 Å². The molecule has 0 spiro atoms. The highest BCUT2D eigenvalue weighted by atomic mass is 16.5. The minimum Gasteiger partial charge on any atom is -0.502 e. The summed E-state index contributed by atoms with van der Waals surface area (Å²) in [7, 11) is 1.73. The second-order valence-electron chi connectivity index (χ2n) is 8.98. The van der Waals surface area contributed by atoms with Gasteiger partial charge in [-0.05, 0) is 41.8 Å². The Morgan fingerprint density at radius 1 is 0.706 bits per heavy atom. The molecule has 5 aromatic rings. The van der Waals surface area contributed by atoms with Gasteiger partial charge < -0.3 is 9.47 Å². The van der Waals surface area contributed by atoms with Crippen LogP contribution in [-0.4, -0.2) is 11.8 Å². The van der Waals surface area contributed by atoms with Crippen LogP contribution in [-0.2, 0) is 7.05 Å². The number of aryl methyl sites for hydroxylation is 2. The fourth-order valence-corrected chi connectivity index (χ4v) is 5.49. The summed E-state index contributed by atoms with van der Waals surface area (Å²) >= 11 is 0. The van der Waals surface area contributed by atoms with E-state index in [1.807, 2.05) is 6.07 Å². The van der Waals surface area contributed by atoms with E-state index < -0.39 is 0 Å². The quantitative estimate of drug-likeness (QED) is 0.276. The van der Waals surface area contributed by atoms with Gasteiger partial charge in [0.05, 0.1) is 18.3 Å². The number of aromatic nitrogens is 2. The molecule has 0 saturated heterocycles. The first-order valence-electron chi connectivity index (χ1n) is 11.6. The molecule has 0 amide bonds. The molecule has 0 fully saturated rings. The minimum atomic E-state index is -0.373. The molecule has 7 rings (SSSR count). The molecule has 0 radical (unpaired) electrons. The summed E-state index contributed by atoms with van der Waals surface area (Å²) in [4.78, 5) is 2.35. The molecule has 2 aliphatic heterocycles. The van der Waals surface area contributed by atoms with Gasteiger partial charge in [0, 0.05) is 16.8 Å². The van der Waals surface area contributed by atoms with Crippen molar-refractivity contribution in [3.8, 4) is 39.4 Å². The fraction of sp³-hybridized carbons (Fsp3) is 0.0690. The molecule has 0 atom stereocenters. The second kappa shape index (κ2) is 7.13. The predicted molar refractivity (Wildman–Crippen MR) is 137 cm³/mol. The van der Waals surface area contributed by atoms with Crippen molar-refractivity contribution >= 4 is 18.6 Å². The Hall–Kier alpha value is -4.25. The van der Waals surface area contributed by atoms with E-state index in [0.29, 0.717) is 0 Å². The van der Waals surface area contributed by atoms with Crippen molar-refractivity contribution in [2.24, 2.45) is 7.05 Å². The molecule has 34 heavy (non-hydrogen) atoms. The van der Waals surface area contributed by atoms with E-state index in [9.17, 15) is 0 Å². The van der Waals surface area contributed by atoms with Gasteiger partial charge in [-0.1, -0.05) is 72.8 Å². The molecule has 2 aliphatic rings. The maximum Gasteiger partial charge on any atom is 0.754 e. The summed E-state index contributed by atoms with van der Waals surface area (Å²) in [6.07, 6.45) is 4.23. The Morgan fingerprint density at radius 3 is 2.18 bits per heavy atom. The van der Waals surface area contributed by atoms with E-state index in [0.717, 1.165) is 28.5 Å². The maximum absolute atomic E-state index is 6.95. The van der Waals surface area contributed by atoms with Gasteiger partial charge >= 0.3 is 7.19 Å². The molecule has 0 bridgehead atoms. The van der Waals surface area contributed by atoms with Gasteiger partial charge in [0.15, 0.2) is 0 Å². The summed E-state index contributed by atoms with van der Waals surface area (Å²) in [6.45, 7) is 2.18. The summed E-state index contributed by atoms with van der Waals surface area (Å²) in [6, 6.07) is 32.2. The molecule has 0 unspecified atom stereocenters. The van der Waals surface area contributed by atoms with Crippen LogP contribution in [0.25, 0.3) is 33.6 Å². The highest BCUT2D eigenvalue weighted by Crippen LogP contribution is 2.47. The van der Waals surface area contributed by atoms with E-state index in [1.54, 1.807) is 0 Å². The molecule has 0 saturated carbocycles. The number of benzene rings is 4. The van der Waals surface area contributed by atoms with E-state index in [4.69, 9.17) is 4.65 Å². The third-order valence-electron chi connectivity index (χ3n) is 7.01. The number of nitrogens with zero attached hydrogens (tertiary/aromatic N) is 3. The molecule has 0 aliphatic carbocycles. The van der Waals surface area contributed by atoms with Crippen LogP contribution >= 0.6 is 0 Å². The third-order valence-corrected chi connectivity index (χ3v) is 7.01. The number of rotatable bonds is 0. The molecule has 4 nitrogen and oxygen atoms in total. The smallest absolute Gasteiger partial charge is 0.502 e. The summed E-state index contributed by atoms with van der Waals surface area (Å²) in [5, 5.41) is 0. The van der Waals surface area contributed by atoms with Crippen LogP contribution in [0.1, 0.15) is 5.56 Å². The van der Waals surface area contributed by atoms with Crippen molar-refractivity contribution in [2.75, 3.05) is 4.81 Å². The van der Waals surface area contributed by atoms with Crippen LogP contribution in [0.5, 0.6) is 5.75 Å². The Balaban J connectivity index is 1.63. The topological polar surface area (TPSA) is 21.3 Å². The number of hydrogen-bond acceptors (Lipinski definition) is 2. The van der Waals surface area contributed by atoms with Crippen LogP contribution in [0.15, 0.2) is 103 Å². The maximum atomic E-state index is 6.95. The zero-order chi connectivity index (χ0) is 22.8. The van der Waals surface area contributed by atoms with Gasteiger partial charge in [-0.15, -0.1) is 0 Å². The minimum absolute atomic E-state index is 0.373. The first-order chi connectivity index (χ1) is 16.7. The molecule has 0 N–H and O–H groups in total. The summed E-state index contributed by atoms with van der Waals surface area (Å²) in [5.74, 6) is 2.01. The van der Waals surface area contributed by atoms with Crippen molar-refractivity contribution in [3.63, 3.8) is 0 Å². The zero-order valence-corrected chi connectivity index (χ0v) is 19.1. The lowest BCUT2D eigenvalue weighted by Crippen LogP contribution is -2.67. The number of para-hydroxylation sites is 2. The monoisotopic (exact) mass is 440 g/mol. The second-order valence-corrected chi connectivity index (χ2v) is 8.98. The summed E-state index contributed by atoms with van der Waals surface area (Å²) < 4.78 is 11.4. The van der Waals surface area contributed by atoms with Gasteiger partial charge in [0.25, 0.3) is 5.82 Å².